The number of nitrogens with zero attached hydrogens (tertiary/aromatic N) is 2. The lowest BCUT2D eigenvalue weighted by molar-refractivity contribution is -0.143. The Bertz CT molecular complexity index is 1180. The SMILES string of the molecule is NC(N)=NCCCC(N)C(=O)NC(Cc1ccc(O)cc1)C(=O)NC(CCCN=C(N)N)C(=O)NC(CCC(=O)O)C(=O)O. The molecule has 0 aromatic heterocycles. The number of carbonyl (C=O) groups excluding carboxylic acids is 3. The van der Waals surface area contributed by atoms with Gasteiger partial charge in [0.25, 0.3) is 0 Å². The number of carboxylic acids is 2. The van der Waals surface area contributed by atoms with Crippen LogP contribution in [0.25, 0.3) is 0 Å². The molecule has 0 fully saturated rings. The third-order valence-electron chi connectivity index (χ3n) is 6.15. The molecule has 1 aromatic rings. The predicted molar refractivity (Wildman–Crippen MR) is 160 cm³/mol. The van der Waals surface area contributed by atoms with Crippen LogP contribution in [0.2, 0.25) is 0 Å². The van der Waals surface area contributed by atoms with E-state index in [1.165, 1.54) is 24.3 Å². The van der Waals surface area contributed by atoms with E-state index in [0.717, 1.165) is 0 Å². The molecular weight excluding hydrogens is 580 g/mol. The van der Waals surface area contributed by atoms with Crippen LogP contribution in [-0.2, 0) is 30.4 Å². The quantitative estimate of drug-likeness (QED) is 0.0387. The molecule has 0 saturated heterocycles. The molecule has 1 aromatic carbocycles. The third-order valence-corrected chi connectivity index (χ3v) is 6.15. The first-order valence-electron chi connectivity index (χ1n) is 13.7. The lowest BCUT2D eigenvalue weighted by Crippen LogP contribution is -2.57. The number of phenols is 1. The van der Waals surface area contributed by atoms with E-state index < -0.39 is 66.7 Å². The first-order valence-corrected chi connectivity index (χ1v) is 13.7. The number of hydrogen-bond donors (Lipinski definition) is 11. The van der Waals surface area contributed by atoms with Gasteiger partial charge in [-0.2, -0.15) is 0 Å². The first-order chi connectivity index (χ1) is 20.7. The maximum atomic E-state index is 13.5. The second-order valence-corrected chi connectivity index (χ2v) is 9.83. The Labute approximate surface area is 253 Å². The third kappa shape index (κ3) is 15.2. The van der Waals surface area contributed by atoms with Gasteiger partial charge in [-0.25, -0.2) is 4.79 Å². The zero-order valence-electron chi connectivity index (χ0n) is 24.1. The highest BCUT2D eigenvalue weighted by Gasteiger charge is 2.30. The van der Waals surface area contributed by atoms with Gasteiger partial charge >= 0.3 is 11.9 Å². The minimum atomic E-state index is -1.54. The van der Waals surface area contributed by atoms with Crippen LogP contribution >= 0.6 is 0 Å². The Kier molecular flexibility index (Phi) is 16.0. The van der Waals surface area contributed by atoms with Crippen LogP contribution in [0.3, 0.4) is 0 Å². The van der Waals surface area contributed by atoms with Gasteiger partial charge in [0.15, 0.2) is 11.9 Å². The molecule has 244 valence electrons. The number of aromatic hydroxyl groups is 1. The summed E-state index contributed by atoms with van der Waals surface area (Å²) < 4.78 is 0. The van der Waals surface area contributed by atoms with E-state index in [1.807, 2.05) is 0 Å². The van der Waals surface area contributed by atoms with Gasteiger partial charge in [0.2, 0.25) is 17.7 Å². The van der Waals surface area contributed by atoms with Gasteiger partial charge in [0.1, 0.15) is 23.9 Å². The standard InChI is InChI=1S/C26H42N10O8/c27-16(3-1-11-32-25(28)29)21(40)36-19(13-14-5-7-15(37)8-6-14)23(42)34-17(4-2-12-33-26(30)31)22(41)35-18(24(43)44)9-10-20(38)39/h5-8,16-19,37H,1-4,9-13,27H2,(H,34,42)(H,35,41)(H,36,40)(H,38,39)(H,43,44)(H4,28,29,32)(H4,30,31,33). The van der Waals surface area contributed by atoms with Crippen LogP contribution < -0.4 is 44.6 Å². The minimum Gasteiger partial charge on any atom is -0.508 e. The first kappa shape index (κ1) is 36.9. The molecule has 1 rings (SSSR count). The summed E-state index contributed by atoms with van der Waals surface area (Å²) >= 11 is 0. The highest BCUT2D eigenvalue weighted by atomic mass is 16.4. The van der Waals surface area contributed by atoms with Gasteiger partial charge in [-0.15, -0.1) is 0 Å². The lowest BCUT2D eigenvalue weighted by atomic mass is 10.0. The van der Waals surface area contributed by atoms with Crippen molar-refractivity contribution in [1.29, 1.82) is 0 Å². The Hall–Kier alpha value is -5.13. The van der Waals surface area contributed by atoms with Crippen LogP contribution in [0.4, 0.5) is 0 Å². The van der Waals surface area contributed by atoms with Crippen molar-refractivity contribution in [3.63, 3.8) is 0 Å². The summed E-state index contributed by atoms with van der Waals surface area (Å²) in [5.74, 6) is -5.39. The van der Waals surface area contributed by atoms with Crippen molar-refractivity contribution in [2.45, 2.75) is 69.1 Å². The maximum Gasteiger partial charge on any atom is 0.326 e. The summed E-state index contributed by atoms with van der Waals surface area (Å²) in [5, 5.41) is 35.4. The molecule has 0 bridgehead atoms. The summed E-state index contributed by atoms with van der Waals surface area (Å²) in [6.07, 6.45) is -0.248. The monoisotopic (exact) mass is 622 g/mol. The van der Waals surface area contributed by atoms with E-state index >= 15 is 0 Å². The van der Waals surface area contributed by atoms with E-state index in [2.05, 4.69) is 25.9 Å². The molecule has 0 heterocycles. The van der Waals surface area contributed by atoms with Crippen LogP contribution in [0, 0.1) is 0 Å². The van der Waals surface area contributed by atoms with E-state index in [0.29, 0.717) is 12.0 Å². The Morgan fingerprint density at radius 3 is 1.73 bits per heavy atom. The molecule has 4 atom stereocenters. The molecular formula is C26H42N10O8. The number of nitrogens with two attached hydrogens (primary N) is 5. The van der Waals surface area contributed by atoms with Gasteiger partial charge in [-0.1, -0.05) is 12.1 Å². The number of nitrogens with one attached hydrogen (secondary N) is 3. The van der Waals surface area contributed by atoms with Crippen molar-refractivity contribution in [1.82, 2.24) is 16.0 Å². The molecule has 44 heavy (non-hydrogen) atoms. The smallest absolute Gasteiger partial charge is 0.326 e. The number of guanidine groups is 2. The molecule has 0 aliphatic rings. The van der Waals surface area contributed by atoms with Crippen molar-refractivity contribution in [2.75, 3.05) is 13.1 Å². The summed E-state index contributed by atoms with van der Waals surface area (Å²) in [6.45, 7) is 0.326. The normalized spacial score (nSPS) is 13.3. The number of hydrogen-bond acceptors (Lipinski definition) is 9. The Morgan fingerprint density at radius 1 is 0.705 bits per heavy atom. The summed E-state index contributed by atoms with van der Waals surface area (Å²) in [5.41, 5.74) is 27.8. The Balaban J connectivity index is 3.17. The van der Waals surface area contributed by atoms with Crippen molar-refractivity contribution < 1.29 is 39.3 Å². The number of amides is 3. The molecule has 18 heteroatoms. The minimum absolute atomic E-state index is 0.0185. The lowest BCUT2D eigenvalue weighted by Gasteiger charge is -2.25. The predicted octanol–water partition coefficient (Wildman–Crippen LogP) is -3.23. The van der Waals surface area contributed by atoms with Crippen molar-refractivity contribution in [2.24, 2.45) is 38.7 Å². The fourth-order valence-electron chi connectivity index (χ4n) is 3.85. The van der Waals surface area contributed by atoms with Crippen LogP contribution in [0.5, 0.6) is 5.75 Å². The number of aliphatic carboxylic acids is 2. The van der Waals surface area contributed by atoms with Crippen LogP contribution in [0.15, 0.2) is 34.3 Å². The highest BCUT2D eigenvalue weighted by molar-refractivity contribution is 5.94. The van der Waals surface area contributed by atoms with Crippen molar-refractivity contribution >= 4 is 41.6 Å². The molecule has 0 spiro atoms. The van der Waals surface area contributed by atoms with Gasteiger partial charge in [0.05, 0.1) is 6.04 Å². The molecule has 0 aliphatic carbocycles. The van der Waals surface area contributed by atoms with Crippen molar-refractivity contribution in [3.05, 3.63) is 29.8 Å². The molecule has 0 aliphatic heterocycles. The molecule has 18 nitrogen and oxygen atoms in total. The second-order valence-electron chi connectivity index (χ2n) is 9.83. The average Bonchev–Trinajstić information content (AvgIpc) is 2.94. The number of phenolic OH excluding ortho intramolecular Hbond substituents is 1. The topological polar surface area (TPSA) is 337 Å². The van der Waals surface area contributed by atoms with Crippen molar-refractivity contribution in [3.8, 4) is 5.75 Å². The van der Waals surface area contributed by atoms with E-state index in [1.54, 1.807) is 0 Å². The van der Waals surface area contributed by atoms with E-state index in [-0.39, 0.29) is 56.4 Å². The van der Waals surface area contributed by atoms with Gasteiger partial charge in [0, 0.05) is 25.9 Å². The van der Waals surface area contributed by atoms with Gasteiger partial charge in [-0.05, 0) is 49.8 Å². The summed E-state index contributed by atoms with van der Waals surface area (Å²) in [7, 11) is 0. The number of carbonyl (C=O) groups is 5. The largest absolute Gasteiger partial charge is 0.508 e. The summed E-state index contributed by atoms with van der Waals surface area (Å²) in [6, 6.07) is 0.743. The molecule has 3 amide bonds. The molecule has 16 N–H and O–H groups in total. The second kappa shape index (κ2) is 19.1. The fourth-order valence-corrected chi connectivity index (χ4v) is 3.85. The van der Waals surface area contributed by atoms with E-state index in [9.17, 15) is 34.2 Å². The number of benzene rings is 1. The highest BCUT2D eigenvalue weighted by Crippen LogP contribution is 2.12. The van der Waals surface area contributed by atoms with Crippen LogP contribution in [0.1, 0.15) is 44.1 Å². The molecule has 0 saturated carbocycles. The molecule has 0 radical (unpaired) electrons. The number of rotatable bonds is 20. The molecule has 4 unspecified atom stereocenters. The van der Waals surface area contributed by atoms with Crippen LogP contribution in [-0.4, -0.2) is 94.2 Å². The number of carboxylic acid groups (broad SMARTS) is 2. The Morgan fingerprint density at radius 2 is 1.20 bits per heavy atom. The zero-order chi connectivity index (χ0) is 33.2. The fraction of sp³-hybridized carbons (Fsp3) is 0.500. The summed E-state index contributed by atoms with van der Waals surface area (Å²) in [4.78, 5) is 69.7. The maximum absolute atomic E-state index is 13.5. The number of aliphatic imine (C=N–C) groups is 2. The van der Waals surface area contributed by atoms with Gasteiger partial charge < -0.3 is 59.9 Å². The zero-order valence-corrected chi connectivity index (χ0v) is 24.1. The van der Waals surface area contributed by atoms with Gasteiger partial charge in [-0.3, -0.25) is 29.2 Å². The van der Waals surface area contributed by atoms with E-state index in [4.69, 9.17) is 33.8 Å². The average molecular weight is 623 g/mol.